The maximum atomic E-state index is 11.8. The first kappa shape index (κ1) is 18.0. The van der Waals surface area contributed by atoms with E-state index in [0.717, 1.165) is 34.9 Å². The molecule has 0 amide bonds. The summed E-state index contributed by atoms with van der Waals surface area (Å²) in [5.74, 6) is -0.178. The van der Waals surface area contributed by atoms with Gasteiger partial charge >= 0.3 is 5.97 Å². The van der Waals surface area contributed by atoms with E-state index >= 15 is 0 Å². The maximum absolute atomic E-state index is 11.8. The molecule has 0 spiro atoms. The Morgan fingerprint density at radius 2 is 1.96 bits per heavy atom. The zero-order valence-electron chi connectivity index (χ0n) is 14.4. The molecule has 4 rings (SSSR count). The Balaban J connectivity index is 1.94. The second kappa shape index (κ2) is 7.33. The molecule has 0 radical (unpaired) electrons. The lowest BCUT2D eigenvalue weighted by atomic mass is 9.98. The fourth-order valence-corrected chi connectivity index (χ4v) is 3.95. The Hall–Kier alpha value is -2.37. The number of carboxylic acid groups (broad SMARTS) is 1. The van der Waals surface area contributed by atoms with Gasteiger partial charge in [0, 0.05) is 6.54 Å². The van der Waals surface area contributed by atoms with Gasteiger partial charge in [0.1, 0.15) is 18.2 Å². The van der Waals surface area contributed by atoms with Crippen molar-refractivity contribution < 1.29 is 9.90 Å². The highest BCUT2D eigenvalue weighted by atomic mass is 35.5. The number of fused-ring (bicyclic) bond motifs is 1. The van der Waals surface area contributed by atoms with Gasteiger partial charge in [0.2, 0.25) is 0 Å². The molecule has 2 aromatic carbocycles. The standard InChI is InChI=1S/C20H17Cl2N3O2/c21-14-8-7-12(10-15(14)22)13-4-3-5-16-18(13)19(24-11-23-16)25-9-2-1-6-17(25)20(26)27/h3-5,7-8,10-11,17H,1-2,6,9H2,(H,26,27). The number of anilines is 1. The highest BCUT2D eigenvalue weighted by molar-refractivity contribution is 6.42. The van der Waals surface area contributed by atoms with Crippen LogP contribution in [0, 0.1) is 0 Å². The minimum absolute atomic E-state index is 0.464. The van der Waals surface area contributed by atoms with Crippen molar-refractivity contribution in [2.24, 2.45) is 0 Å². The first-order chi connectivity index (χ1) is 13.1. The minimum atomic E-state index is -0.825. The van der Waals surface area contributed by atoms with Gasteiger partial charge in [-0.3, -0.25) is 0 Å². The second-order valence-corrected chi connectivity index (χ2v) is 7.38. The van der Waals surface area contributed by atoms with Crippen LogP contribution in [0.2, 0.25) is 10.0 Å². The molecule has 1 N–H and O–H groups in total. The van der Waals surface area contributed by atoms with Gasteiger partial charge in [0.25, 0.3) is 0 Å². The van der Waals surface area contributed by atoms with Gasteiger partial charge in [-0.05, 0) is 48.6 Å². The van der Waals surface area contributed by atoms with E-state index in [9.17, 15) is 9.90 Å². The summed E-state index contributed by atoms with van der Waals surface area (Å²) < 4.78 is 0. The molecular formula is C20H17Cl2N3O2. The predicted octanol–water partition coefficient (Wildman–Crippen LogP) is 5.05. The molecule has 0 bridgehead atoms. The summed E-state index contributed by atoms with van der Waals surface area (Å²) in [6, 6.07) is 10.7. The van der Waals surface area contributed by atoms with E-state index in [-0.39, 0.29) is 0 Å². The predicted molar refractivity (Wildman–Crippen MR) is 108 cm³/mol. The molecule has 1 saturated heterocycles. The molecule has 138 valence electrons. The van der Waals surface area contributed by atoms with Crippen LogP contribution >= 0.6 is 23.2 Å². The lowest BCUT2D eigenvalue weighted by Crippen LogP contribution is -2.45. The van der Waals surface area contributed by atoms with Crippen molar-refractivity contribution in [1.82, 2.24) is 9.97 Å². The summed E-state index contributed by atoms with van der Waals surface area (Å²) >= 11 is 12.3. The van der Waals surface area contributed by atoms with Crippen molar-refractivity contribution >= 4 is 45.9 Å². The van der Waals surface area contributed by atoms with E-state index in [0.29, 0.717) is 28.8 Å². The molecule has 1 fully saturated rings. The highest BCUT2D eigenvalue weighted by Crippen LogP contribution is 2.37. The quantitative estimate of drug-likeness (QED) is 0.664. The monoisotopic (exact) mass is 401 g/mol. The van der Waals surface area contributed by atoms with Crippen LogP contribution in [0.5, 0.6) is 0 Å². The zero-order chi connectivity index (χ0) is 19.0. The third-order valence-corrected chi connectivity index (χ3v) is 5.67. The van der Waals surface area contributed by atoms with Crippen LogP contribution in [0.25, 0.3) is 22.0 Å². The van der Waals surface area contributed by atoms with Gasteiger partial charge in [-0.15, -0.1) is 0 Å². The van der Waals surface area contributed by atoms with Crippen molar-refractivity contribution in [1.29, 1.82) is 0 Å². The molecule has 7 heteroatoms. The van der Waals surface area contributed by atoms with Gasteiger partial charge in [-0.25, -0.2) is 14.8 Å². The van der Waals surface area contributed by atoms with Crippen LogP contribution < -0.4 is 4.90 Å². The summed E-state index contributed by atoms with van der Waals surface area (Å²) in [6.45, 7) is 0.652. The SMILES string of the molecule is O=C(O)C1CCCCN1c1ncnc2cccc(-c3ccc(Cl)c(Cl)c3)c12. The summed E-state index contributed by atoms with van der Waals surface area (Å²) in [7, 11) is 0. The van der Waals surface area contributed by atoms with Crippen LogP contribution in [0.1, 0.15) is 19.3 Å². The van der Waals surface area contributed by atoms with Crippen molar-refractivity contribution in [3.05, 3.63) is 52.8 Å². The molecule has 3 aromatic rings. The largest absolute Gasteiger partial charge is 0.480 e. The summed E-state index contributed by atoms with van der Waals surface area (Å²) in [5, 5.41) is 11.5. The average Bonchev–Trinajstić information content (AvgIpc) is 2.69. The highest BCUT2D eigenvalue weighted by Gasteiger charge is 2.31. The maximum Gasteiger partial charge on any atom is 0.326 e. The Kier molecular flexibility index (Phi) is 4.89. The van der Waals surface area contributed by atoms with E-state index in [1.807, 2.05) is 29.2 Å². The number of hydrogen-bond donors (Lipinski definition) is 1. The Bertz CT molecular complexity index is 1020. The van der Waals surface area contributed by atoms with Crippen LogP contribution in [0.15, 0.2) is 42.7 Å². The fourth-order valence-electron chi connectivity index (χ4n) is 3.66. The first-order valence-electron chi connectivity index (χ1n) is 8.75. The average molecular weight is 402 g/mol. The number of hydrogen-bond acceptors (Lipinski definition) is 4. The van der Waals surface area contributed by atoms with Crippen LogP contribution in [-0.4, -0.2) is 33.6 Å². The third-order valence-electron chi connectivity index (χ3n) is 4.93. The molecule has 5 nitrogen and oxygen atoms in total. The number of nitrogens with zero attached hydrogens (tertiary/aromatic N) is 3. The van der Waals surface area contributed by atoms with E-state index in [4.69, 9.17) is 23.2 Å². The Morgan fingerprint density at radius 3 is 2.74 bits per heavy atom. The zero-order valence-corrected chi connectivity index (χ0v) is 15.9. The number of carbonyl (C=O) groups is 1. The van der Waals surface area contributed by atoms with Crippen molar-refractivity contribution in [3.63, 3.8) is 0 Å². The van der Waals surface area contributed by atoms with Gasteiger partial charge in [-0.2, -0.15) is 0 Å². The molecule has 1 atom stereocenters. The normalized spacial score (nSPS) is 17.3. The van der Waals surface area contributed by atoms with Crippen molar-refractivity contribution in [2.45, 2.75) is 25.3 Å². The Labute approximate surface area is 166 Å². The summed E-state index contributed by atoms with van der Waals surface area (Å²) in [5.41, 5.74) is 2.55. The Morgan fingerprint density at radius 1 is 1.11 bits per heavy atom. The number of aliphatic carboxylic acids is 1. The molecule has 1 aliphatic rings. The molecule has 0 aliphatic carbocycles. The lowest BCUT2D eigenvalue weighted by molar-refractivity contribution is -0.139. The second-order valence-electron chi connectivity index (χ2n) is 6.57. The molecule has 2 heterocycles. The van der Waals surface area contributed by atoms with Crippen molar-refractivity contribution in [3.8, 4) is 11.1 Å². The van der Waals surface area contributed by atoms with E-state index in [2.05, 4.69) is 9.97 Å². The number of rotatable bonds is 3. The van der Waals surface area contributed by atoms with Gasteiger partial charge < -0.3 is 10.0 Å². The molecular weight excluding hydrogens is 385 g/mol. The fraction of sp³-hybridized carbons (Fsp3) is 0.250. The third kappa shape index (κ3) is 3.33. The number of piperidine rings is 1. The number of carboxylic acids is 1. The van der Waals surface area contributed by atoms with Crippen LogP contribution in [0.4, 0.5) is 5.82 Å². The van der Waals surface area contributed by atoms with Gasteiger partial charge in [-0.1, -0.05) is 41.4 Å². The van der Waals surface area contributed by atoms with Gasteiger partial charge in [0.15, 0.2) is 0 Å². The van der Waals surface area contributed by atoms with E-state index < -0.39 is 12.0 Å². The first-order valence-corrected chi connectivity index (χ1v) is 9.50. The number of halogens is 2. The molecule has 1 unspecified atom stereocenters. The smallest absolute Gasteiger partial charge is 0.326 e. The number of aromatic nitrogens is 2. The van der Waals surface area contributed by atoms with E-state index in [1.54, 1.807) is 12.1 Å². The van der Waals surface area contributed by atoms with Gasteiger partial charge in [0.05, 0.1) is 20.9 Å². The summed E-state index contributed by atoms with van der Waals surface area (Å²) in [6.07, 6.45) is 3.93. The lowest BCUT2D eigenvalue weighted by Gasteiger charge is -2.34. The molecule has 1 aromatic heterocycles. The summed E-state index contributed by atoms with van der Waals surface area (Å²) in [4.78, 5) is 22.6. The number of benzene rings is 2. The topological polar surface area (TPSA) is 66.3 Å². The van der Waals surface area contributed by atoms with Crippen LogP contribution in [0.3, 0.4) is 0 Å². The molecule has 27 heavy (non-hydrogen) atoms. The van der Waals surface area contributed by atoms with E-state index in [1.165, 1.54) is 6.33 Å². The minimum Gasteiger partial charge on any atom is -0.480 e. The molecule has 0 saturated carbocycles. The van der Waals surface area contributed by atoms with Crippen molar-refractivity contribution in [2.75, 3.05) is 11.4 Å². The molecule has 1 aliphatic heterocycles. The van der Waals surface area contributed by atoms with Crippen LogP contribution in [-0.2, 0) is 4.79 Å².